The summed E-state index contributed by atoms with van der Waals surface area (Å²) in [5.74, 6) is 0. The molecule has 0 spiro atoms. The Bertz CT molecular complexity index is 185. The van der Waals surface area contributed by atoms with Gasteiger partial charge in [-0.1, -0.05) is 0 Å². The minimum atomic E-state index is -0.158. The van der Waals surface area contributed by atoms with Gasteiger partial charge in [0.05, 0.1) is 17.1 Å². The van der Waals surface area contributed by atoms with Crippen molar-refractivity contribution in [3.63, 3.8) is 0 Å². The number of rotatable bonds is 8. The van der Waals surface area contributed by atoms with Crippen LogP contribution in [-0.4, -0.2) is 63.4 Å². The third-order valence-electron chi connectivity index (χ3n) is 2.81. The van der Waals surface area contributed by atoms with E-state index in [1.54, 1.807) is 14.2 Å². The first-order valence-electron chi connectivity index (χ1n) is 5.50. The van der Waals surface area contributed by atoms with E-state index in [0.717, 1.165) is 13.1 Å². The summed E-state index contributed by atoms with van der Waals surface area (Å²) in [6.45, 7) is 5.68. The fourth-order valence-corrected chi connectivity index (χ4v) is 1.49. The van der Waals surface area contributed by atoms with Gasteiger partial charge in [-0.15, -0.1) is 0 Å². The zero-order chi connectivity index (χ0) is 12.8. The maximum atomic E-state index is 5.48. The van der Waals surface area contributed by atoms with E-state index in [1.807, 2.05) is 14.1 Å². The van der Waals surface area contributed by atoms with Crippen LogP contribution in [0.25, 0.3) is 0 Å². The summed E-state index contributed by atoms with van der Waals surface area (Å²) < 4.78 is 10.9. The molecular weight excluding hydrogens is 224 g/mol. The van der Waals surface area contributed by atoms with Crippen molar-refractivity contribution in [3.8, 4) is 0 Å². The van der Waals surface area contributed by atoms with Crippen LogP contribution in [0.15, 0.2) is 0 Å². The summed E-state index contributed by atoms with van der Waals surface area (Å²) in [7, 11) is 7.36. The number of likely N-dealkylation sites (N-methyl/N-ethyl adjacent to an activating group) is 2. The molecule has 1 N–H and O–H groups in total. The van der Waals surface area contributed by atoms with E-state index in [-0.39, 0.29) is 17.1 Å². The maximum absolute atomic E-state index is 5.48. The lowest BCUT2D eigenvalue weighted by Crippen LogP contribution is -2.48. The topological polar surface area (TPSA) is 33.7 Å². The second kappa shape index (κ2) is 7.50. The number of ether oxygens (including phenoxy) is 2. The van der Waals surface area contributed by atoms with Gasteiger partial charge in [0.15, 0.2) is 0 Å². The highest BCUT2D eigenvalue weighted by molar-refractivity contribution is 7.81. The van der Waals surface area contributed by atoms with Crippen LogP contribution in [0, 0.1) is 0 Å². The van der Waals surface area contributed by atoms with Crippen molar-refractivity contribution >= 4 is 12.6 Å². The van der Waals surface area contributed by atoms with Gasteiger partial charge in [0.25, 0.3) is 0 Å². The number of thiol groups is 1. The van der Waals surface area contributed by atoms with Crippen molar-refractivity contribution in [2.24, 2.45) is 0 Å². The van der Waals surface area contributed by atoms with Gasteiger partial charge in [-0.05, 0) is 27.9 Å². The maximum Gasteiger partial charge on any atom is 0.0972 e. The second-order valence-corrected chi connectivity index (χ2v) is 5.58. The molecule has 0 amide bonds. The van der Waals surface area contributed by atoms with Gasteiger partial charge in [-0.3, -0.25) is 4.90 Å². The van der Waals surface area contributed by atoms with E-state index in [1.165, 1.54) is 0 Å². The fraction of sp³-hybridized carbons (Fsp3) is 1.00. The summed E-state index contributed by atoms with van der Waals surface area (Å²) in [5, 5.41) is 3.10. The zero-order valence-corrected chi connectivity index (χ0v) is 12.2. The largest absolute Gasteiger partial charge is 0.377 e. The smallest absolute Gasteiger partial charge is 0.0972 e. The Labute approximate surface area is 105 Å². The number of nitrogens with zero attached hydrogens (tertiary/aromatic N) is 1. The highest BCUT2D eigenvalue weighted by Gasteiger charge is 2.26. The summed E-state index contributed by atoms with van der Waals surface area (Å²) in [5.41, 5.74) is 0. The van der Waals surface area contributed by atoms with Gasteiger partial charge in [0, 0.05) is 27.3 Å². The first-order chi connectivity index (χ1) is 7.36. The van der Waals surface area contributed by atoms with Gasteiger partial charge in [-0.2, -0.15) is 12.6 Å². The van der Waals surface area contributed by atoms with E-state index in [2.05, 4.69) is 36.7 Å². The standard InChI is InChI=1S/C11H26N2O2S/c1-11(2,16)13(4)8-10(15-6)9(14-5)7-12-3/h9-10,12,16H,7-8H2,1-6H3. The van der Waals surface area contributed by atoms with Gasteiger partial charge in [0.1, 0.15) is 0 Å². The molecule has 0 aromatic carbocycles. The first kappa shape index (κ1) is 16.2. The molecule has 16 heavy (non-hydrogen) atoms. The number of methoxy groups -OCH3 is 2. The van der Waals surface area contributed by atoms with Crippen LogP contribution >= 0.6 is 12.6 Å². The summed E-state index contributed by atoms with van der Waals surface area (Å²) in [4.78, 5) is 1.99. The van der Waals surface area contributed by atoms with E-state index >= 15 is 0 Å². The van der Waals surface area contributed by atoms with Crippen molar-refractivity contribution in [3.05, 3.63) is 0 Å². The van der Waals surface area contributed by atoms with Gasteiger partial charge < -0.3 is 14.8 Å². The predicted molar refractivity (Wildman–Crippen MR) is 71.2 cm³/mol. The molecule has 0 bridgehead atoms. The molecule has 0 fully saturated rings. The summed E-state index contributed by atoms with van der Waals surface area (Å²) >= 11 is 4.53. The lowest BCUT2D eigenvalue weighted by atomic mass is 10.1. The molecule has 98 valence electrons. The molecule has 0 aliphatic rings. The Balaban J connectivity index is 4.37. The van der Waals surface area contributed by atoms with Gasteiger partial charge >= 0.3 is 0 Å². The second-order valence-electron chi connectivity index (χ2n) is 4.48. The first-order valence-corrected chi connectivity index (χ1v) is 5.95. The Kier molecular flexibility index (Phi) is 7.59. The molecule has 0 aromatic rings. The van der Waals surface area contributed by atoms with Crippen molar-refractivity contribution in [1.29, 1.82) is 0 Å². The monoisotopic (exact) mass is 250 g/mol. The Hall–Kier alpha value is 0.190. The Morgan fingerprint density at radius 2 is 1.75 bits per heavy atom. The molecule has 2 atom stereocenters. The van der Waals surface area contributed by atoms with Gasteiger partial charge in [-0.25, -0.2) is 0 Å². The number of nitrogens with one attached hydrogen (secondary N) is 1. The normalized spacial score (nSPS) is 16.5. The lowest BCUT2D eigenvalue weighted by molar-refractivity contribution is -0.0502. The number of hydrogen-bond acceptors (Lipinski definition) is 5. The van der Waals surface area contributed by atoms with Crippen molar-refractivity contribution < 1.29 is 9.47 Å². The molecule has 0 heterocycles. The van der Waals surface area contributed by atoms with Crippen molar-refractivity contribution in [1.82, 2.24) is 10.2 Å². The molecule has 0 aromatic heterocycles. The molecule has 4 nitrogen and oxygen atoms in total. The summed E-state index contributed by atoms with van der Waals surface area (Å²) in [6, 6.07) is 0. The predicted octanol–water partition coefficient (Wildman–Crippen LogP) is 0.833. The molecule has 0 saturated carbocycles. The van der Waals surface area contributed by atoms with Crippen LogP contribution in [0.1, 0.15) is 13.8 Å². The van der Waals surface area contributed by atoms with E-state index < -0.39 is 0 Å². The molecule has 0 aliphatic carbocycles. The molecule has 2 unspecified atom stereocenters. The van der Waals surface area contributed by atoms with Crippen LogP contribution in [0.5, 0.6) is 0 Å². The highest BCUT2D eigenvalue weighted by Crippen LogP contribution is 2.18. The quantitative estimate of drug-likeness (QED) is 0.494. The summed E-state index contributed by atoms with van der Waals surface area (Å²) in [6.07, 6.45) is 0.0852. The highest BCUT2D eigenvalue weighted by atomic mass is 32.1. The average molecular weight is 250 g/mol. The molecule has 0 rings (SSSR count). The molecule has 0 saturated heterocycles. The van der Waals surface area contributed by atoms with Crippen LogP contribution in [0.4, 0.5) is 0 Å². The molecule has 5 heteroatoms. The Morgan fingerprint density at radius 3 is 2.06 bits per heavy atom. The SMILES string of the molecule is CNCC(OC)C(CN(C)C(C)(C)S)OC. The van der Waals surface area contributed by atoms with Gasteiger partial charge in [0.2, 0.25) is 0 Å². The zero-order valence-electron chi connectivity index (χ0n) is 11.3. The third-order valence-corrected chi connectivity index (χ3v) is 3.15. The lowest BCUT2D eigenvalue weighted by Gasteiger charge is -2.35. The molecule has 0 radical (unpaired) electrons. The average Bonchev–Trinajstić information content (AvgIpc) is 2.21. The minimum absolute atomic E-state index is 0.0360. The van der Waals surface area contributed by atoms with Crippen molar-refractivity contribution in [2.45, 2.75) is 30.9 Å². The molecule has 0 aliphatic heterocycles. The van der Waals surface area contributed by atoms with Crippen LogP contribution in [0.2, 0.25) is 0 Å². The van der Waals surface area contributed by atoms with Crippen LogP contribution in [-0.2, 0) is 9.47 Å². The number of hydrogen-bond donors (Lipinski definition) is 2. The van der Waals surface area contributed by atoms with E-state index in [9.17, 15) is 0 Å². The van der Waals surface area contributed by atoms with Crippen molar-refractivity contribution in [2.75, 3.05) is 41.4 Å². The minimum Gasteiger partial charge on any atom is -0.377 e. The third kappa shape index (κ3) is 5.50. The van der Waals surface area contributed by atoms with Crippen LogP contribution < -0.4 is 5.32 Å². The van der Waals surface area contributed by atoms with E-state index in [0.29, 0.717) is 0 Å². The fourth-order valence-electron chi connectivity index (χ4n) is 1.40. The molecular formula is C11H26N2O2S. The Morgan fingerprint density at radius 1 is 1.25 bits per heavy atom. The van der Waals surface area contributed by atoms with E-state index in [4.69, 9.17) is 9.47 Å². The van der Waals surface area contributed by atoms with Crippen LogP contribution in [0.3, 0.4) is 0 Å².